The highest BCUT2D eigenvalue weighted by Crippen LogP contribution is 2.38. The van der Waals surface area contributed by atoms with Gasteiger partial charge in [-0.3, -0.25) is 0 Å². The molecule has 1 aromatic heterocycles. The van der Waals surface area contributed by atoms with Crippen LogP contribution < -0.4 is 5.73 Å². The van der Waals surface area contributed by atoms with Crippen molar-refractivity contribution in [2.75, 3.05) is 5.73 Å². The zero-order valence-corrected chi connectivity index (χ0v) is 10.6. The maximum atomic E-state index is 5.74. The first-order valence-electron chi connectivity index (χ1n) is 6.08. The molecule has 0 unspecified atom stereocenters. The Hall–Kier alpha value is -1.87. The van der Waals surface area contributed by atoms with E-state index in [1.807, 2.05) is 6.20 Å². The number of anilines is 1. The van der Waals surface area contributed by atoms with Crippen molar-refractivity contribution < 1.29 is 0 Å². The van der Waals surface area contributed by atoms with Gasteiger partial charge in [0.1, 0.15) is 0 Å². The first-order chi connectivity index (χ1) is 8.83. The second-order valence-corrected chi connectivity index (χ2v) is 5.74. The molecule has 0 aliphatic heterocycles. The highest BCUT2D eigenvalue weighted by atomic mass is 32.1. The minimum atomic E-state index is 0.633. The summed E-state index contributed by atoms with van der Waals surface area (Å²) < 4.78 is 0. The molecule has 88 valence electrons. The van der Waals surface area contributed by atoms with Crippen molar-refractivity contribution in [2.45, 2.75) is 12.8 Å². The molecule has 3 aromatic rings. The number of nitrogen functional groups attached to an aromatic ring is 1. The van der Waals surface area contributed by atoms with Gasteiger partial charge in [-0.2, -0.15) is 0 Å². The average Bonchev–Trinajstić information content (AvgIpc) is 2.99. The highest BCUT2D eigenvalue weighted by molar-refractivity contribution is 7.18. The number of rotatable bonds is 1. The molecule has 18 heavy (non-hydrogen) atoms. The Balaban J connectivity index is 2.09. The minimum absolute atomic E-state index is 0.633. The molecule has 0 saturated heterocycles. The second kappa shape index (κ2) is 3.56. The molecule has 0 spiro atoms. The predicted octanol–water partition coefficient (Wildman–Crippen LogP) is 3.64. The van der Waals surface area contributed by atoms with Crippen molar-refractivity contribution in [1.29, 1.82) is 0 Å². The van der Waals surface area contributed by atoms with Crippen LogP contribution in [0.15, 0.2) is 36.5 Å². The van der Waals surface area contributed by atoms with Crippen LogP contribution in [-0.2, 0) is 12.8 Å². The summed E-state index contributed by atoms with van der Waals surface area (Å²) in [7, 11) is 0. The van der Waals surface area contributed by atoms with E-state index in [-0.39, 0.29) is 0 Å². The van der Waals surface area contributed by atoms with Gasteiger partial charge in [0, 0.05) is 11.8 Å². The molecule has 0 bridgehead atoms. The predicted molar refractivity (Wildman–Crippen MR) is 76.9 cm³/mol. The maximum Gasteiger partial charge on any atom is 0.180 e. The maximum absolute atomic E-state index is 5.74. The number of nitrogens with zero attached hydrogens (tertiary/aromatic N) is 1. The summed E-state index contributed by atoms with van der Waals surface area (Å²) in [6.45, 7) is 0. The van der Waals surface area contributed by atoms with E-state index in [2.05, 4.69) is 35.3 Å². The molecule has 0 saturated carbocycles. The van der Waals surface area contributed by atoms with Crippen molar-refractivity contribution in [3.05, 3.63) is 47.7 Å². The van der Waals surface area contributed by atoms with Crippen molar-refractivity contribution >= 4 is 27.2 Å². The number of nitrogens with two attached hydrogens (primary N) is 1. The first kappa shape index (κ1) is 10.1. The molecule has 2 nitrogen and oxygen atoms in total. The average molecular weight is 252 g/mol. The molecule has 2 N–H and O–H groups in total. The first-order valence-corrected chi connectivity index (χ1v) is 6.90. The normalized spacial score (nSPS) is 13.3. The van der Waals surface area contributed by atoms with Gasteiger partial charge in [-0.1, -0.05) is 41.7 Å². The Morgan fingerprint density at radius 3 is 2.67 bits per heavy atom. The monoisotopic (exact) mass is 252 g/mol. The summed E-state index contributed by atoms with van der Waals surface area (Å²) in [5, 5.41) is 3.42. The summed E-state index contributed by atoms with van der Waals surface area (Å²) in [4.78, 5) is 5.31. The lowest BCUT2D eigenvalue weighted by Crippen LogP contribution is -1.82. The molecule has 0 radical (unpaired) electrons. The van der Waals surface area contributed by atoms with Gasteiger partial charge in [-0.15, -0.1) is 0 Å². The second-order valence-electron chi connectivity index (χ2n) is 4.67. The van der Waals surface area contributed by atoms with Crippen LogP contribution in [0.5, 0.6) is 0 Å². The zero-order chi connectivity index (χ0) is 12.1. The summed E-state index contributed by atoms with van der Waals surface area (Å²) in [6, 6.07) is 11.1. The van der Waals surface area contributed by atoms with Crippen molar-refractivity contribution in [3.8, 4) is 10.4 Å². The Morgan fingerprint density at radius 2 is 1.89 bits per heavy atom. The van der Waals surface area contributed by atoms with Gasteiger partial charge in [-0.05, 0) is 34.7 Å². The summed E-state index contributed by atoms with van der Waals surface area (Å²) in [6.07, 6.45) is 4.21. The smallest absolute Gasteiger partial charge is 0.180 e. The molecule has 0 atom stereocenters. The Morgan fingerprint density at radius 1 is 1.06 bits per heavy atom. The third kappa shape index (κ3) is 1.31. The van der Waals surface area contributed by atoms with E-state index in [1.165, 1.54) is 40.3 Å². The van der Waals surface area contributed by atoms with E-state index in [9.17, 15) is 0 Å². The number of benzene rings is 2. The molecule has 1 heterocycles. The lowest BCUT2D eigenvalue weighted by Gasteiger charge is -2.06. The fraction of sp³-hybridized carbons (Fsp3) is 0.133. The Kier molecular flexibility index (Phi) is 2.00. The van der Waals surface area contributed by atoms with Gasteiger partial charge in [0.25, 0.3) is 0 Å². The van der Waals surface area contributed by atoms with Crippen LogP contribution in [0.25, 0.3) is 21.2 Å². The van der Waals surface area contributed by atoms with Crippen LogP contribution in [-0.4, -0.2) is 4.98 Å². The minimum Gasteiger partial charge on any atom is -0.375 e. The van der Waals surface area contributed by atoms with Crippen LogP contribution in [0.4, 0.5) is 5.13 Å². The topological polar surface area (TPSA) is 38.9 Å². The van der Waals surface area contributed by atoms with Gasteiger partial charge >= 0.3 is 0 Å². The van der Waals surface area contributed by atoms with Gasteiger partial charge in [0.05, 0.1) is 4.88 Å². The molecule has 4 rings (SSSR count). The summed E-state index contributed by atoms with van der Waals surface area (Å²) >= 11 is 1.55. The Labute approximate surface area is 109 Å². The van der Waals surface area contributed by atoms with E-state index >= 15 is 0 Å². The van der Waals surface area contributed by atoms with E-state index in [0.717, 1.165) is 4.88 Å². The van der Waals surface area contributed by atoms with E-state index in [4.69, 9.17) is 5.73 Å². The number of aryl methyl sites for hydroxylation is 2. The van der Waals surface area contributed by atoms with E-state index < -0.39 is 0 Å². The molecule has 1 aliphatic rings. The van der Waals surface area contributed by atoms with Gasteiger partial charge in [0.2, 0.25) is 0 Å². The fourth-order valence-corrected chi connectivity index (χ4v) is 3.60. The quantitative estimate of drug-likeness (QED) is 0.718. The largest absolute Gasteiger partial charge is 0.375 e. The Bertz CT molecular complexity index is 748. The number of hydrogen-bond donors (Lipinski definition) is 1. The third-order valence-corrected chi connectivity index (χ3v) is 4.53. The van der Waals surface area contributed by atoms with Gasteiger partial charge < -0.3 is 5.73 Å². The number of hydrogen-bond acceptors (Lipinski definition) is 3. The van der Waals surface area contributed by atoms with Gasteiger partial charge in [-0.25, -0.2) is 4.98 Å². The van der Waals surface area contributed by atoms with Crippen molar-refractivity contribution in [1.82, 2.24) is 4.98 Å². The number of thiazole rings is 1. The standard InChI is InChI=1S/C15H12N2S/c16-15-17-8-13(18-15)11-7-6-10-5-4-9-2-1-3-12(11)14(9)10/h1-3,6-8H,4-5H2,(H2,16,17). The van der Waals surface area contributed by atoms with E-state index in [0.29, 0.717) is 5.13 Å². The summed E-state index contributed by atoms with van der Waals surface area (Å²) in [5.74, 6) is 0. The molecule has 2 aromatic carbocycles. The summed E-state index contributed by atoms with van der Waals surface area (Å²) in [5.41, 5.74) is 9.94. The highest BCUT2D eigenvalue weighted by Gasteiger charge is 2.16. The van der Waals surface area contributed by atoms with Crippen molar-refractivity contribution in [2.24, 2.45) is 0 Å². The van der Waals surface area contributed by atoms with Gasteiger partial charge in [0.15, 0.2) is 5.13 Å². The molecular weight excluding hydrogens is 240 g/mol. The fourth-order valence-electron chi connectivity index (χ4n) is 2.87. The molecule has 0 amide bonds. The molecule has 3 heteroatoms. The zero-order valence-electron chi connectivity index (χ0n) is 9.81. The van der Waals surface area contributed by atoms with Crippen LogP contribution in [0.2, 0.25) is 0 Å². The lowest BCUT2D eigenvalue weighted by molar-refractivity contribution is 1.02. The van der Waals surface area contributed by atoms with Crippen LogP contribution in [0.3, 0.4) is 0 Å². The lowest BCUT2D eigenvalue weighted by atomic mass is 9.99. The van der Waals surface area contributed by atoms with Crippen LogP contribution in [0, 0.1) is 0 Å². The molecular formula is C15H12N2S. The number of aromatic nitrogens is 1. The van der Waals surface area contributed by atoms with Crippen LogP contribution in [0.1, 0.15) is 11.1 Å². The molecule has 1 aliphatic carbocycles. The SMILES string of the molecule is Nc1ncc(-c2ccc3c4c(cccc24)CC3)s1. The molecule has 0 fully saturated rings. The third-order valence-electron chi connectivity index (χ3n) is 3.67. The van der Waals surface area contributed by atoms with Crippen molar-refractivity contribution in [3.63, 3.8) is 0 Å². The van der Waals surface area contributed by atoms with E-state index in [1.54, 1.807) is 11.3 Å². The van der Waals surface area contributed by atoms with Crippen LogP contribution >= 0.6 is 11.3 Å².